The highest BCUT2D eigenvalue weighted by Gasteiger charge is 2.53. The van der Waals surface area contributed by atoms with Crippen LogP contribution in [0.4, 0.5) is 22.7 Å². The zero-order valence-corrected chi connectivity index (χ0v) is 30.8. The monoisotopic (exact) mass is 746 g/mol. The van der Waals surface area contributed by atoms with Gasteiger partial charge in [0.05, 0.1) is 75.0 Å². The molecule has 6 aromatic carbocycles. The van der Waals surface area contributed by atoms with Crippen molar-refractivity contribution in [3.8, 4) is 34.6 Å². The lowest BCUT2D eigenvalue weighted by atomic mass is 9.66. The number of fused-ring (bicyclic) bond motifs is 14. The molecule has 2 aliphatic heterocycles. The Balaban J connectivity index is 1.17. The maximum Gasteiger partial charge on any atom is 0.188 e. The number of hydrogen-bond donors (Lipinski definition) is 0. The van der Waals surface area contributed by atoms with Crippen LogP contribution >= 0.6 is 11.8 Å². The molecule has 3 aliphatic rings. The van der Waals surface area contributed by atoms with Gasteiger partial charge < -0.3 is 14.2 Å². The Kier molecular flexibility index (Phi) is 6.49. The van der Waals surface area contributed by atoms with Crippen LogP contribution in [0.25, 0.3) is 43.7 Å². The van der Waals surface area contributed by atoms with Gasteiger partial charge in [0.15, 0.2) is 11.4 Å². The summed E-state index contributed by atoms with van der Waals surface area (Å²) in [4.78, 5) is 18.4. The Morgan fingerprint density at radius 1 is 0.649 bits per heavy atom. The summed E-state index contributed by atoms with van der Waals surface area (Å²) in [6, 6.07) is 52.1. The minimum absolute atomic E-state index is 0.600. The van der Waals surface area contributed by atoms with Crippen molar-refractivity contribution in [3.63, 3.8) is 0 Å². The van der Waals surface area contributed by atoms with Crippen LogP contribution in [0.3, 0.4) is 0 Å². The lowest BCUT2D eigenvalue weighted by Gasteiger charge is -2.41. The lowest BCUT2D eigenvalue weighted by molar-refractivity contribution is 0.437. The van der Waals surface area contributed by atoms with E-state index in [4.69, 9.17) is 21.3 Å². The van der Waals surface area contributed by atoms with Crippen molar-refractivity contribution in [3.05, 3.63) is 197 Å². The second-order valence-electron chi connectivity index (χ2n) is 14.4. The molecule has 9 aromatic rings. The molecule has 264 valence electrons. The number of aromatic nitrogens is 3. The van der Waals surface area contributed by atoms with Crippen molar-refractivity contribution < 1.29 is 4.74 Å². The minimum atomic E-state index is -0.838. The van der Waals surface area contributed by atoms with Crippen LogP contribution in [-0.4, -0.2) is 14.5 Å². The zero-order chi connectivity index (χ0) is 37.8. The third kappa shape index (κ3) is 4.20. The van der Waals surface area contributed by atoms with Gasteiger partial charge in [-0.1, -0.05) is 84.6 Å². The van der Waals surface area contributed by atoms with E-state index in [0.717, 1.165) is 99.5 Å². The van der Waals surface area contributed by atoms with Crippen LogP contribution in [0, 0.1) is 17.9 Å². The van der Waals surface area contributed by atoms with E-state index in [-0.39, 0.29) is 0 Å². The molecule has 0 N–H and O–H groups in total. The van der Waals surface area contributed by atoms with E-state index in [1.807, 2.05) is 67.0 Å². The van der Waals surface area contributed by atoms with Crippen LogP contribution in [0.15, 0.2) is 168 Å². The first kappa shape index (κ1) is 31.7. The molecule has 0 saturated carbocycles. The Morgan fingerprint density at radius 3 is 2.35 bits per heavy atom. The van der Waals surface area contributed by atoms with Gasteiger partial charge in [0, 0.05) is 43.5 Å². The Hall–Kier alpha value is -7.65. The fourth-order valence-electron chi connectivity index (χ4n) is 9.29. The third-order valence-corrected chi connectivity index (χ3v) is 12.7. The van der Waals surface area contributed by atoms with E-state index < -0.39 is 5.41 Å². The summed E-state index contributed by atoms with van der Waals surface area (Å²) in [7, 11) is 0. The van der Waals surface area contributed by atoms with Gasteiger partial charge in [-0.3, -0.25) is 9.97 Å². The molecular formula is C49H26N6OS. The van der Waals surface area contributed by atoms with Gasteiger partial charge in [-0.25, -0.2) is 4.85 Å². The first-order valence-electron chi connectivity index (χ1n) is 18.6. The molecule has 0 radical (unpaired) electrons. The molecule has 8 heteroatoms. The van der Waals surface area contributed by atoms with E-state index in [1.54, 1.807) is 11.8 Å². The van der Waals surface area contributed by atoms with Crippen molar-refractivity contribution >= 4 is 56.3 Å². The van der Waals surface area contributed by atoms with Gasteiger partial charge in [-0.2, -0.15) is 5.26 Å². The van der Waals surface area contributed by atoms with Crippen molar-refractivity contribution in [2.24, 2.45) is 0 Å². The molecule has 0 amide bonds. The number of rotatable bonds is 2. The number of anilines is 3. The van der Waals surface area contributed by atoms with Gasteiger partial charge in [0.1, 0.15) is 5.75 Å². The summed E-state index contributed by atoms with van der Waals surface area (Å²) in [6.45, 7) is 7.74. The Labute approximate surface area is 331 Å². The van der Waals surface area contributed by atoms with Crippen LogP contribution < -0.4 is 9.64 Å². The average Bonchev–Trinajstić information content (AvgIpc) is 3.75. The summed E-state index contributed by atoms with van der Waals surface area (Å²) >= 11 is 1.68. The number of nitrogens with zero attached hydrogens (tertiary/aromatic N) is 6. The molecule has 1 atom stereocenters. The second-order valence-corrected chi connectivity index (χ2v) is 15.4. The molecule has 0 saturated heterocycles. The molecular weight excluding hydrogens is 721 g/mol. The SMILES string of the molecule is [C-]#[N+]c1ccc2c(c1)Sc1ccccc1N2c1cccc2c1Oc1ccccc1C21c2cccnc2-c2ncc(-n3c4ccccc4c4cc(C#N)ccc43)cc21. The fraction of sp³-hybridized carbons (Fsp3) is 0.0204. The van der Waals surface area contributed by atoms with Gasteiger partial charge in [0.25, 0.3) is 0 Å². The van der Waals surface area contributed by atoms with Crippen LogP contribution in [0.2, 0.25) is 0 Å². The summed E-state index contributed by atoms with van der Waals surface area (Å²) in [5.74, 6) is 1.50. The summed E-state index contributed by atoms with van der Waals surface area (Å²) in [5.41, 5.74) is 12.0. The summed E-state index contributed by atoms with van der Waals surface area (Å²) in [5, 5.41) is 11.9. The number of para-hydroxylation sites is 4. The molecule has 1 spiro atoms. The molecule has 0 bridgehead atoms. The second kappa shape index (κ2) is 11.7. The van der Waals surface area contributed by atoms with Crippen molar-refractivity contribution in [2.75, 3.05) is 4.90 Å². The topological polar surface area (TPSA) is 71.3 Å². The summed E-state index contributed by atoms with van der Waals surface area (Å²) in [6.07, 6.45) is 3.79. The number of pyridine rings is 2. The predicted molar refractivity (Wildman–Crippen MR) is 224 cm³/mol. The molecule has 5 heterocycles. The lowest BCUT2D eigenvalue weighted by Crippen LogP contribution is -2.33. The maximum atomic E-state index is 9.81. The summed E-state index contributed by atoms with van der Waals surface area (Å²) < 4.78 is 9.38. The fourth-order valence-corrected chi connectivity index (χ4v) is 10.4. The van der Waals surface area contributed by atoms with E-state index in [1.165, 1.54) is 0 Å². The smallest absolute Gasteiger partial charge is 0.188 e. The molecule has 3 aromatic heterocycles. The number of ether oxygens (including phenoxy) is 1. The largest absolute Gasteiger partial charge is 0.454 e. The van der Waals surface area contributed by atoms with E-state index in [2.05, 4.69) is 111 Å². The van der Waals surface area contributed by atoms with Gasteiger partial charge in [-0.05, 0) is 78.4 Å². The Morgan fingerprint density at radius 2 is 1.42 bits per heavy atom. The standard InChI is InChI=1S/C49H26N6OS/c1-51-30-20-22-41-45(25-30)57-44-18-7-5-15-40(44)55(41)42-16-8-12-36-48(42)56-43-17-6-3-11-34(43)49(36)35-13-9-23-52-46(35)47-37(49)26-31(28-53-47)54-38-14-4-2-10-32(38)33-24-29(27-50)19-21-39(33)54/h2-26,28H. The molecule has 7 nitrogen and oxygen atoms in total. The van der Waals surface area contributed by atoms with Gasteiger partial charge in [-0.15, -0.1) is 0 Å². The highest BCUT2D eigenvalue weighted by molar-refractivity contribution is 7.99. The minimum Gasteiger partial charge on any atom is -0.454 e. The first-order chi connectivity index (χ1) is 28.2. The molecule has 1 unspecified atom stereocenters. The van der Waals surface area contributed by atoms with Crippen molar-refractivity contribution in [2.45, 2.75) is 15.2 Å². The van der Waals surface area contributed by atoms with Gasteiger partial charge in [0.2, 0.25) is 0 Å². The quantitative estimate of drug-likeness (QED) is 0.164. The predicted octanol–water partition coefficient (Wildman–Crippen LogP) is 12.4. The number of benzene rings is 6. The zero-order valence-electron chi connectivity index (χ0n) is 30.0. The highest BCUT2D eigenvalue weighted by atomic mass is 32.2. The number of hydrogen-bond acceptors (Lipinski definition) is 6. The first-order valence-corrected chi connectivity index (χ1v) is 19.4. The van der Waals surface area contributed by atoms with E-state index in [9.17, 15) is 5.26 Å². The van der Waals surface area contributed by atoms with Crippen LogP contribution in [0.1, 0.15) is 27.8 Å². The number of nitriles is 1. The van der Waals surface area contributed by atoms with E-state index in [0.29, 0.717) is 11.3 Å². The maximum absolute atomic E-state index is 9.81. The van der Waals surface area contributed by atoms with Gasteiger partial charge >= 0.3 is 0 Å². The van der Waals surface area contributed by atoms with Crippen molar-refractivity contribution in [1.29, 1.82) is 5.26 Å². The van der Waals surface area contributed by atoms with Crippen LogP contribution in [-0.2, 0) is 5.41 Å². The molecule has 1 aliphatic carbocycles. The van der Waals surface area contributed by atoms with Crippen LogP contribution in [0.5, 0.6) is 11.5 Å². The molecule has 57 heavy (non-hydrogen) atoms. The van der Waals surface area contributed by atoms with E-state index >= 15 is 0 Å². The van der Waals surface area contributed by atoms with Crippen molar-refractivity contribution in [1.82, 2.24) is 14.5 Å². The average molecular weight is 747 g/mol. The Bertz CT molecular complexity index is 3320. The normalized spacial score (nSPS) is 15.4. The molecule has 0 fully saturated rings. The highest BCUT2D eigenvalue weighted by Crippen LogP contribution is 2.64. The third-order valence-electron chi connectivity index (χ3n) is 11.6. The molecule has 12 rings (SSSR count).